The average Bonchev–Trinajstić information content (AvgIpc) is 2.25. The van der Waals surface area contributed by atoms with E-state index < -0.39 is 11.8 Å². The zero-order valence-corrected chi connectivity index (χ0v) is 9.58. The quantitative estimate of drug-likeness (QED) is 0.618. The minimum absolute atomic E-state index is 0.0453. The van der Waals surface area contributed by atoms with Gasteiger partial charge in [0.15, 0.2) is 0 Å². The predicted molar refractivity (Wildman–Crippen MR) is 58.3 cm³/mol. The molecule has 0 aliphatic carbocycles. The van der Waals surface area contributed by atoms with Crippen molar-refractivity contribution in [2.45, 2.75) is 6.54 Å². The molecule has 0 aliphatic rings. The zero-order valence-electron chi connectivity index (χ0n) is 9.58. The highest BCUT2D eigenvalue weighted by molar-refractivity contribution is 5.89. The summed E-state index contributed by atoms with van der Waals surface area (Å²) in [5, 5.41) is 1.77. The summed E-state index contributed by atoms with van der Waals surface area (Å²) in [4.78, 5) is 11.1. The molecule has 4 nitrogen and oxygen atoms in total. The summed E-state index contributed by atoms with van der Waals surface area (Å²) in [6.45, 7) is 0.505. The van der Waals surface area contributed by atoms with E-state index in [1.165, 1.54) is 19.2 Å². The number of ether oxygens (including phenoxy) is 1. The summed E-state index contributed by atoms with van der Waals surface area (Å²) in [6.07, 6.45) is 0. The standard InChI is InChI=1S/C11H15FN2O2/c1-14(2)13-7-8-4-5-9(10(12)6-8)11(15)16-3/h4-6,13H,7H2,1-3H3. The van der Waals surface area contributed by atoms with E-state index >= 15 is 0 Å². The molecule has 0 aliphatic heterocycles. The molecule has 88 valence electrons. The summed E-state index contributed by atoms with van der Waals surface area (Å²) in [5.74, 6) is -1.23. The predicted octanol–water partition coefficient (Wildman–Crippen LogP) is 1.18. The first kappa shape index (κ1) is 12.6. The molecule has 5 heteroatoms. The van der Waals surface area contributed by atoms with Crippen molar-refractivity contribution >= 4 is 5.97 Å². The van der Waals surface area contributed by atoms with E-state index in [2.05, 4.69) is 10.2 Å². The van der Waals surface area contributed by atoms with Gasteiger partial charge in [0.05, 0.1) is 12.7 Å². The first-order valence-electron chi connectivity index (χ1n) is 4.82. The third-order valence-electron chi connectivity index (χ3n) is 2.04. The van der Waals surface area contributed by atoms with Crippen LogP contribution in [-0.2, 0) is 11.3 Å². The van der Waals surface area contributed by atoms with Crippen LogP contribution in [0.2, 0.25) is 0 Å². The molecule has 0 amide bonds. The van der Waals surface area contributed by atoms with Crippen LogP contribution in [0.25, 0.3) is 0 Å². The van der Waals surface area contributed by atoms with E-state index in [4.69, 9.17) is 0 Å². The maximum absolute atomic E-state index is 13.5. The second kappa shape index (κ2) is 5.58. The van der Waals surface area contributed by atoms with Crippen LogP contribution in [0.3, 0.4) is 0 Å². The number of carbonyl (C=O) groups is 1. The Hall–Kier alpha value is -1.46. The topological polar surface area (TPSA) is 41.6 Å². The van der Waals surface area contributed by atoms with E-state index in [0.29, 0.717) is 6.54 Å². The highest BCUT2D eigenvalue weighted by Crippen LogP contribution is 2.11. The molecule has 0 fully saturated rings. The molecule has 0 saturated heterocycles. The molecule has 0 aromatic heterocycles. The Morgan fingerprint density at radius 1 is 1.50 bits per heavy atom. The van der Waals surface area contributed by atoms with Crippen molar-refractivity contribution in [2.75, 3.05) is 21.2 Å². The van der Waals surface area contributed by atoms with Crippen molar-refractivity contribution in [1.82, 2.24) is 10.4 Å². The summed E-state index contributed by atoms with van der Waals surface area (Å²) in [6, 6.07) is 4.43. The molecule has 0 heterocycles. The molecule has 1 aromatic rings. The molecule has 0 spiro atoms. The minimum atomic E-state index is -0.662. The van der Waals surface area contributed by atoms with Gasteiger partial charge in [0.1, 0.15) is 5.82 Å². The van der Waals surface area contributed by atoms with Gasteiger partial charge in [0, 0.05) is 20.6 Å². The largest absolute Gasteiger partial charge is 0.465 e. The molecular formula is C11H15FN2O2. The van der Waals surface area contributed by atoms with Crippen molar-refractivity contribution in [3.05, 3.63) is 35.1 Å². The van der Waals surface area contributed by atoms with Crippen LogP contribution < -0.4 is 5.43 Å². The van der Waals surface area contributed by atoms with Gasteiger partial charge in [0.2, 0.25) is 0 Å². The fourth-order valence-electron chi connectivity index (χ4n) is 1.19. The normalized spacial score (nSPS) is 10.6. The van der Waals surface area contributed by atoms with Crippen molar-refractivity contribution < 1.29 is 13.9 Å². The van der Waals surface area contributed by atoms with Gasteiger partial charge < -0.3 is 4.74 Å². The summed E-state index contributed by atoms with van der Waals surface area (Å²) in [7, 11) is 4.92. The second-order valence-corrected chi connectivity index (χ2v) is 3.54. The van der Waals surface area contributed by atoms with Crippen LogP contribution >= 0.6 is 0 Å². The van der Waals surface area contributed by atoms with Gasteiger partial charge in [-0.3, -0.25) is 10.4 Å². The Kier molecular flexibility index (Phi) is 4.39. The highest BCUT2D eigenvalue weighted by Gasteiger charge is 2.11. The Bertz CT molecular complexity index is 380. The molecule has 0 radical (unpaired) electrons. The molecule has 1 rings (SSSR count). The molecular weight excluding hydrogens is 211 g/mol. The summed E-state index contributed by atoms with van der Waals surface area (Å²) < 4.78 is 17.9. The SMILES string of the molecule is COC(=O)c1ccc(CNN(C)C)cc1F. The number of rotatable bonds is 4. The number of hydrazine groups is 1. The number of carbonyl (C=O) groups excluding carboxylic acids is 1. The summed E-state index contributed by atoms with van der Waals surface area (Å²) in [5.41, 5.74) is 3.72. The lowest BCUT2D eigenvalue weighted by molar-refractivity contribution is 0.0595. The highest BCUT2D eigenvalue weighted by atomic mass is 19.1. The van der Waals surface area contributed by atoms with Gasteiger partial charge >= 0.3 is 5.97 Å². The molecule has 0 saturated carbocycles. The van der Waals surface area contributed by atoms with Crippen molar-refractivity contribution in [2.24, 2.45) is 0 Å². The lowest BCUT2D eigenvalue weighted by Crippen LogP contribution is -2.29. The van der Waals surface area contributed by atoms with Crippen LogP contribution in [0.4, 0.5) is 4.39 Å². The summed E-state index contributed by atoms with van der Waals surface area (Å²) >= 11 is 0. The number of nitrogens with zero attached hydrogens (tertiary/aromatic N) is 1. The second-order valence-electron chi connectivity index (χ2n) is 3.54. The number of hydrogen-bond acceptors (Lipinski definition) is 4. The Balaban J connectivity index is 2.78. The minimum Gasteiger partial charge on any atom is -0.465 e. The maximum Gasteiger partial charge on any atom is 0.340 e. The van der Waals surface area contributed by atoms with E-state index in [1.807, 2.05) is 14.1 Å². The zero-order chi connectivity index (χ0) is 12.1. The van der Waals surface area contributed by atoms with Crippen LogP contribution in [0.1, 0.15) is 15.9 Å². The van der Waals surface area contributed by atoms with Gasteiger partial charge in [0.25, 0.3) is 0 Å². The first-order chi connectivity index (χ1) is 7.54. The van der Waals surface area contributed by atoms with Crippen LogP contribution in [0.15, 0.2) is 18.2 Å². The van der Waals surface area contributed by atoms with Gasteiger partial charge in [-0.05, 0) is 17.7 Å². The number of benzene rings is 1. The van der Waals surface area contributed by atoms with E-state index in [-0.39, 0.29) is 5.56 Å². The molecule has 1 aromatic carbocycles. The van der Waals surface area contributed by atoms with E-state index in [1.54, 1.807) is 11.1 Å². The number of halogens is 1. The van der Waals surface area contributed by atoms with Crippen LogP contribution in [0.5, 0.6) is 0 Å². The van der Waals surface area contributed by atoms with Crippen molar-refractivity contribution in [1.29, 1.82) is 0 Å². The Morgan fingerprint density at radius 3 is 2.69 bits per heavy atom. The third-order valence-corrected chi connectivity index (χ3v) is 2.04. The Morgan fingerprint density at radius 2 is 2.19 bits per heavy atom. The number of hydrogen-bond donors (Lipinski definition) is 1. The van der Waals surface area contributed by atoms with Crippen molar-refractivity contribution in [3.8, 4) is 0 Å². The molecule has 0 bridgehead atoms. The van der Waals surface area contributed by atoms with E-state index in [9.17, 15) is 9.18 Å². The van der Waals surface area contributed by atoms with Crippen LogP contribution in [-0.4, -0.2) is 32.2 Å². The maximum atomic E-state index is 13.5. The smallest absolute Gasteiger partial charge is 0.340 e. The van der Waals surface area contributed by atoms with Gasteiger partial charge in [-0.1, -0.05) is 6.07 Å². The Labute approximate surface area is 94.0 Å². The van der Waals surface area contributed by atoms with Crippen LogP contribution in [0, 0.1) is 5.82 Å². The fraction of sp³-hybridized carbons (Fsp3) is 0.364. The molecule has 1 N–H and O–H groups in total. The number of methoxy groups -OCH3 is 1. The molecule has 16 heavy (non-hydrogen) atoms. The molecule has 0 unspecified atom stereocenters. The monoisotopic (exact) mass is 226 g/mol. The average molecular weight is 226 g/mol. The third kappa shape index (κ3) is 3.29. The van der Waals surface area contributed by atoms with Gasteiger partial charge in [-0.15, -0.1) is 0 Å². The fourth-order valence-corrected chi connectivity index (χ4v) is 1.19. The van der Waals surface area contributed by atoms with Gasteiger partial charge in [-0.2, -0.15) is 0 Å². The lowest BCUT2D eigenvalue weighted by atomic mass is 10.1. The van der Waals surface area contributed by atoms with Crippen molar-refractivity contribution in [3.63, 3.8) is 0 Å². The number of esters is 1. The lowest BCUT2D eigenvalue weighted by Gasteiger charge is -2.12. The van der Waals surface area contributed by atoms with E-state index in [0.717, 1.165) is 5.56 Å². The molecule has 0 atom stereocenters. The first-order valence-corrected chi connectivity index (χ1v) is 4.82. The number of nitrogens with one attached hydrogen (secondary N) is 1. The van der Waals surface area contributed by atoms with Gasteiger partial charge in [-0.25, -0.2) is 9.18 Å².